The molecule has 0 radical (unpaired) electrons. The Morgan fingerprint density at radius 2 is 1.94 bits per heavy atom. The molecule has 0 aliphatic rings. The van der Waals surface area contributed by atoms with Crippen LogP contribution in [0, 0.1) is 0 Å². The lowest BCUT2D eigenvalue weighted by molar-refractivity contribution is 0.184. The van der Waals surface area contributed by atoms with Crippen LogP contribution in [-0.4, -0.2) is 12.1 Å². The first-order valence-corrected chi connectivity index (χ1v) is 6.67. The van der Waals surface area contributed by atoms with Gasteiger partial charge in [0.2, 0.25) is 0 Å². The third-order valence-corrected chi connectivity index (χ3v) is 3.69. The fraction of sp³-hybridized carbons (Fsp3) is 0.133. The second kappa shape index (κ2) is 4.88. The third kappa shape index (κ3) is 2.15. The standard InChI is InChI=1S/C15H13NOS/c1-17-9-15-16-14(10-18-15)13-7-6-11-4-2-3-5-12(11)8-13/h2-8,10H,9H2,1H3. The van der Waals surface area contributed by atoms with E-state index in [0.717, 1.165) is 16.3 Å². The Kier molecular flexibility index (Phi) is 3.09. The van der Waals surface area contributed by atoms with Gasteiger partial charge in [-0.2, -0.15) is 0 Å². The van der Waals surface area contributed by atoms with Gasteiger partial charge in [0.25, 0.3) is 0 Å². The number of benzene rings is 2. The van der Waals surface area contributed by atoms with E-state index in [1.54, 1.807) is 18.4 Å². The van der Waals surface area contributed by atoms with E-state index < -0.39 is 0 Å². The van der Waals surface area contributed by atoms with Crippen molar-refractivity contribution in [1.82, 2.24) is 4.98 Å². The normalized spacial score (nSPS) is 10.9. The van der Waals surface area contributed by atoms with Crippen molar-refractivity contribution in [1.29, 1.82) is 0 Å². The van der Waals surface area contributed by atoms with Crippen LogP contribution < -0.4 is 0 Å². The summed E-state index contributed by atoms with van der Waals surface area (Å²) >= 11 is 1.64. The van der Waals surface area contributed by atoms with Crippen LogP contribution in [0.1, 0.15) is 5.01 Å². The summed E-state index contributed by atoms with van der Waals surface area (Å²) in [5, 5.41) is 5.60. The highest BCUT2D eigenvalue weighted by atomic mass is 32.1. The minimum atomic E-state index is 0.582. The predicted molar refractivity (Wildman–Crippen MR) is 75.8 cm³/mol. The molecule has 0 N–H and O–H groups in total. The minimum absolute atomic E-state index is 0.582. The van der Waals surface area contributed by atoms with E-state index in [0.29, 0.717) is 6.61 Å². The van der Waals surface area contributed by atoms with Gasteiger partial charge < -0.3 is 4.74 Å². The molecule has 3 heteroatoms. The summed E-state index contributed by atoms with van der Waals surface area (Å²) in [6, 6.07) is 14.8. The summed E-state index contributed by atoms with van der Waals surface area (Å²) in [5.74, 6) is 0. The molecule has 1 heterocycles. The first-order chi connectivity index (χ1) is 8.86. The molecule has 0 spiro atoms. The molecule has 0 atom stereocenters. The number of methoxy groups -OCH3 is 1. The van der Waals surface area contributed by atoms with E-state index in [2.05, 4.69) is 52.8 Å². The fourth-order valence-corrected chi connectivity index (χ4v) is 2.76. The van der Waals surface area contributed by atoms with Crippen LogP contribution in [0.4, 0.5) is 0 Å². The van der Waals surface area contributed by atoms with Crippen molar-refractivity contribution in [2.24, 2.45) is 0 Å². The number of thiazole rings is 1. The smallest absolute Gasteiger partial charge is 0.119 e. The first kappa shape index (κ1) is 11.4. The van der Waals surface area contributed by atoms with E-state index in [9.17, 15) is 0 Å². The van der Waals surface area contributed by atoms with Gasteiger partial charge >= 0.3 is 0 Å². The molecule has 0 aliphatic heterocycles. The van der Waals surface area contributed by atoms with Crippen LogP contribution >= 0.6 is 11.3 Å². The molecule has 1 aromatic heterocycles. The number of rotatable bonds is 3. The zero-order valence-corrected chi connectivity index (χ0v) is 10.9. The van der Waals surface area contributed by atoms with Crippen LogP contribution in [0.15, 0.2) is 47.8 Å². The van der Waals surface area contributed by atoms with Crippen LogP contribution in [-0.2, 0) is 11.3 Å². The lowest BCUT2D eigenvalue weighted by atomic mass is 10.1. The zero-order chi connectivity index (χ0) is 12.4. The van der Waals surface area contributed by atoms with E-state index >= 15 is 0 Å². The van der Waals surface area contributed by atoms with E-state index in [1.165, 1.54) is 10.8 Å². The van der Waals surface area contributed by atoms with Crippen LogP contribution in [0.3, 0.4) is 0 Å². The lowest BCUT2D eigenvalue weighted by Gasteiger charge is -2.00. The van der Waals surface area contributed by atoms with Gasteiger partial charge in [-0.25, -0.2) is 4.98 Å². The summed E-state index contributed by atoms with van der Waals surface area (Å²) in [6.45, 7) is 0.582. The van der Waals surface area contributed by atoms with Crippen LogP contribution in [0.25, 0.3) is 22.0 Å². The molecular weight excluding hydrogens is 242 g/mol. The Bertz CT molecular complexity index is 675. The van der Waals surface area contributed by atoms with Crippen molar-refractivity contribution >= 4 is 22.1 Å². The summed E-state index contributed by atoms with van der Waals surface area (Å²) in [5.41, 5.74) is 2.19. The molecule has 0 saturated heterocycles. The molecule has 0 bridgehead atoms. The molecule has 0 fully saturated rings. The van der Waals surface area contributed by atoms with E-state index in [4.69, 9.17) is 4.74 Å². The van der Waals surface area contributed by atoms with Crippen molar-refractivity contribution < 1.29 is 4.74 Å². The molecular formula is C15H13NOS. The monoisotopic (exact) mass is 255 g/mol. The predicted octanol–water partition coefficient (Wildman–Crippen LogP) is 4.11. The number of nitrogens with zero attached hydrogens (tertiary/aromatic N) is 1. The molecule has 2 nitrogen and oxygen atoms in total. The van der Waals surface area contributed by atoms with Crippen molar-refractivity contribution in [3.8, 4) is 11.3 Å². The van der Waals surface area contributed by atoms with E-state index in [-0.39, 0.29) is 0 Å². The lowest BCUT2D eigenvalue weighted by Crippen LogP contribution is -1.86. The van der Waals surface area contributed by atoms with Gasteiger partial charge in [0.15, 0.2) is 0 Å². The molecule has 0 aliphatic carbocycles. The van der Waals surface area contributed by atoms with Crippen molar-refractivity contribution in [2.75, 3.05) is 7.11 Å². The molecule has 90 valence electrons. The van der Waals surface area contributed by atoms with Crippen LogP contribution in [0.2, 0.25) is 0 Å². The Hall–Kier alpha value is -1.71. The molecule has 2 aromatic carbocycles. The van der Waals surface area contributed by atoms with Crippen molar-refractivity contribution in [3.05, 3.63) is 52.9 Å². The van der Waals surface area contributed by atoms with Crippen LogP contribution in [0.5, 0.6) is 0 Å². The Balaban J connectivity index is 2.02. The summed E-state index contributed by atoms with van der Waals surface area (Å²) in [6.07, 6.45) is 0. The maximum absolute atomic E-state index is 5.10. The molecule has 3 aromatic rings. The average molecular weight is 255 g/mol. The second-order valence-corrected chi connectivity index (χ2v) is 5.06. The number of fused-ring (bicyclic) bond motifs is 1. The molecule has 18 heavy (non-hydrogen) atoms. The van der Waals surface area contributed by atoms with E-state index in [1.807, 2.05) is 0 Å². The maximum atomic E-state index is 5.10. The summed E-state index contributed by atoms with van der Waals surface area (Å²) in [4.78, 5) is 4.57. The van der Waals surface area contributed by atoms with Gasteiger partial charge in [0.1, 0.15) is 5.01 Å². The van der Waals surface area contributed by atoms with Gasteiger partial charge in [-0.1, -0.05) is 36.4 Å². The number of hydrogen-bond acceptors (Lipinski definition) is 3. The highest BCUT2D eigenvalue weighted by Gasteiger charge is 2.05. The number of hydrogen-bond donors (Lipinski definition) is 0. The minimum Gasteiger partial charge on any atom is -0.378 e. The van der Waals surface area contributed by atoms with Gasteiger partial charge in [-0.3, -0.25) is 0 Å². The second-order valence-electron chi connectivity index (χ2n) is 4.12. The number of ether oxygens (including phenoxy) is 1. The third-order valence-electron chi connectivity index (χ3n) is 2.86. The quantitative estimate of drug-likeness (QED) is 0.702. The zero-order valence-electron chi connectivity index (χ0n) is 10.1. The largest absolute Gasteiger partial charge is 0.378 e. The Morgan fingerprint density at radius 3 is 2.78 bits per heavy atom. The molecule has 0 saturated carbocycles. The first-order valence-electron chi connectivity index (χ1n) is 5.79. The van der Waals surface area contributed by atoms with Gasteiger partial charge in [0, 0.05) is 18.1 Å². The average Bonchev–Trinajstić information content (AvgIpc) is 2.87. The maximum Gasteiger partial charge on any atom is 0.119 e. The Morgan fingerprint density at radius 1 is 1.11 bits per heavy atom. The Labute approximate surface area is 110 Å². The molecule has 0 amide bonds. The topological polar surface area (TPSA) is 22.1 Å². The van der Waals surface area contributed by atoms with Gasteiger partial charge in [-0.15, -0.1) is 11.3 Å². The van der Waals surface area contributed by atoms with Gasteiger partial charge in [0.05, 0.1) is 12.3 Å². The molecule has 0 unspecified atom stereocenters. The molecule has 3 rings (SSSR count). The highest BCUT2D eigenvalue weighted by molar-refractivity contribution is 7.09. The van der Waals surface area contributed by atoms with Crippen molar-refractivity contribution in [3.63, 3.8) is 0 Å². The SMILES string of the molecule is COCc1nc(-c2ccc3ccccc3c2)cs1. The highest BCUT2D eigenvalue weighted by Crippen LogP contribution is 2.25. The number of aromatic nitrogens is 1. The fourth-order valence-electron chi connectivity index (χ4n) is 1.98. The summed E-state index contributed by atoms with van der Waals surface area (Å²) < 4.78 is 5.10. The summed E-state index contributed by atoms with van der Waals surface area (Å²) in [7, 11) is 1.69. The van der Waals surface area contributed by atoms with Crippen molar-refractivity contribution in [2.45, 2.75) is 6.61 Å². The van der Waals surface area contributed by atoms with Gasteiger partial charge in [-0.05, 0) is 16.8 Å².